The van der Waals surface area contributed by atoms with E-state index in [4.69, 9.17) is 4.74 Å². The van der Waals surface area contributed by atoms with Gasteiger partial charge in [-0.3, -0.25) is 9.48 Å². The highest BCUT2D eigenvalue weighted by molar-refractivity contribution is 5.98. The summed E-state index contributed by atoms with van der Waals surface area (Å²) in [6.45, 7) is 4.86. The van der Waals surface area contributed by atoms with E-state index in [-0.39, 0.29) is 0 Å². The van der Waals surface area contributed by atoms with Crippen molar-refractivity contribution in [3.63, 3.8) is 0 Å². The summed E-state index contributed by atoms with van der Waals surface area (Å²) in [7, 11) is 1.73. The second-order valence-corrected chi connectivity index (χ2v) is 5.33. The van der Waals surface area contributed by atoms with Crippen molar-refractivity contribution in [3.8, 4) is 0 Å². The van der Waals surface area contributed by atoms with E-state index < -0.39 is 35.2 Å². The maximum atomic E-state index is 13.6. The first-order valence-electron chi connectivity index (χ1n) is 7.17. The van der Waals surface area contributed by atoms with Gasteiger partial charge < -0.3 is 10.1 Å². The van der Waals surface area contributed by atoms with Crippen molar-refractivity contribution in [2.24, 2.45) is 7.05 Å². The Labute approximate surface area is 137 Å². The fourth-order valence-corrected chi connectivity index (χ4v) is 2.11. The molecule has 1 N–H and O–H groups in total. The Morgan fingerprint density at radius 2 is 1.96 bits per heavy atom. The van der Waals surface area contributed by atoms with Gasteiger partial charge in [0.1, 0.15) is 11.6 Å². The summed E-state index contributed by atoms with van der Waals surface area (Å²) in [5.41, 5.74) is 1.44. The largest absolute Gasteiger partial charge is 0.449 e. The van der Waals surface area contributed by atoms with E-state index in [1.807, 2.05) is 0 Å². The molecule has 1 aromatic heterocycles. The highest BCUT2D eigenvalue weighted by Gasteiger charge is 2.23. The number of amides is 1. The van der Waals surface area contributed by atoms with E-state index in [9.17, 15) is 18.4 Å². The maximum absolute atomic E-state index is 13.6. The molecular weight excluding hydrogens is 320 g/mol. The van der Waals surface area contributed by atoms with Gasteiger partial charge in [-0.1, -0.05) is 0 Å². The number of halogens is 2. The standard InChI is InChI=1S/C16H17F2N3O3/c1-8-14(9(2)21(4)20-8)19-15(22)10(3)24-16(23)12-6-5-11(17)7-13(12)18/h5-7,10H,1-4H3,(H,19,22)/t10-/m1/s1. The number of carbonyl (C=O) groups excluding carboxylic acids is 2. The van der Waals surface area contributed by atoms with Gasteiger partial charge in [-0.2, -0.15) is 5.10 Å². The van der Waals surface area contributed by atoms with Crippen molar-refractivity contribution >= 4 is 17.6 Å². The number of ether oxygens (including phenoxy) is 1. The Morgan fingerprint density at radius 3 is 2.50 bits per heavy atom. The molecule has 1 aromatic carbocycles. The molecule has 0 radical (unpaired) electrons. The van der Waals surface area contributed by atoms with Crippen molar-refractivity contribution in [3.05, 3.63) is 46.8 Å². The Morgan fingerprint density at radius 1 is 1.29 bits per heavy atom. The molecule has 0 bridgehead atoms. The van der Waals surface area contributed by atoms with Gasteiger partial charge in [0.15, 0.2) is 6.10 Å². The van der Waals surface area contributed by atoms with Gasteiger partial charge in [-0.15, -0.1) is 0 Å². The number of esters is 1. The van der Waals surface area contributed by atoms with Crippen LogP contribution in [-0.4, -0.2) is 27.8 Å². The summed E-state index contributed by atoms with van der Waals surface area (Å²) in [6, 6.07) is 2.48. The minimum atomic E-state index is -1.17. The monoisotopic (exact) mass is 337 g/mol. The first kappa shape index (κ1) is 17.6. The van der Waals surface area contributed by atoms with Gasteiger partial charge in [0.25, 0.3) is 5.91 Å². The van der Waals surface area contributed by atoms with Crippen molar-refractivity contribution in [1.29, 1.82) is 0 Å². The molecule has 0 aliphatic heterocycles. The van der Waals surface area contributed by atoms with Gasteiger partial charge in [0.2, 0.25) is 0 Å². The molecule has 0 spiro atoms. The SMILES string of the molecule is Cc1nn(C)c(C)c1NC(=O)[C@@H](C)OC(=O)c1ccc(F)cc1F. The molecule has 128 valence electrons. The molecule has 8 heteroatoms. The number of anilines is 1. The number of hydrogen-bond acceptors (Lipinski definition) is 4. The van der Waals surface area contributed by atoms with Crippen LogP contribution in [0.4, 0.5) is 14.5 Å². The van der Waals surface area contributed by atoms with E-state index in [1.165, 1.54) is 6.92 Å². The topological polar surface area (TPSA) is 73.2 Å². The molecule has 0 unspecified atom stereocenters. The quantitative estimate of drug-likeness (QED) is 0.870. The summed E-state index contributed by atoms with van der Waals surface area (Å²) in [5, 5.41) is 6.79. The van der Waals surface area contributed by atoms with Crippen LogP contribution in [0.3, 0.4) is 0 Å². The summed E-state index contributed by atoms with van der Waals surface area (Å²) in [6.07, 6.45) is -1.17. The predicted molar refractivity (Wildman–Crippen MR) is 82.5 cm³/mol. The maximum Gasteiger partial charge on any atom is 0.341 e. The lowest BCUT2D eigenvalue weighted by atomic mass is 10.2. The Bertz CT molecular complexity index is 802. The zero-order valence-corrected chi connectivity index (χ0v) is 13.7. The fourth-order valence-electron chi connectivity index (χ4n) is 2.11. The lowest BCUT2D eigenvalue weighted by Crippen LogP contribution is -2.30. The minimum absolute atomic E-state index is 0.440. The average molecular weight is 337 g/mol. The molecule has 0 saturated heterocycles. The zero-order chi connectivity index (χ0) is 18.0. The Hall–Kier alpha value is -2.77. The van der Waals surface area contributed by atoms with Crippen molar-refractivity contribution < 1.29 is 23.1 Å². The van der Waals surface area contributed by atoms with E-state index in [1.54, 1.807) is 25.6 Å². The highest BCUT2D eigenvalue weighted by atomic mass is 19.1. The van der Waals surface area contributed by atoms with Crippen LogP contribution in [0.5, 0.6) is 0 Å². The molecule has 2 aromatic rings. The first-order chi connectivity index (χ1) is 11.2. The lowest BCUT2D eigenvalue weighted by Gasteiger charge is -2.14. The van der Waals surface area contributed by atoms with Crippen LogP contribution in [0.2, 0.25) is 0 Å². The third kappa shape index (κ3) is 3.58. The molecular formula is C16H17F2N3O3. The van der Waals surface area contributed by atoms with Crippen LogP contribution in [0, 0.1) is 25.5 Å². The van der Waals surface area contributed by atoms with E-state index >= 15 is 0 Å². The summed E-state index contributed by atoms with van der Waals surface area (Å²) >= 11 is 0. The van der Waals surface area contributed by atoms with Crippen molar-refractivity contribution in [2.75, 3.05) is 5.32 Å². The minimum Gasteiger partial charge on any atom is -0.449 e. The number of carbonyl (C=O) groups is 2. The molecule has 0 saturated carbocycles. The summed E-state index contributed by atoms with van der Waals surface area (Å²) < 4.78 is 33.0. The van der Waals surface area contributed by atoms with Crippen LogP contribution in [0.15, 0.2) is 18.2 Å². The smallest absolute Gasteiger partial charge is 0.341 e. The number of aryl methyl sites for hydroxylation is 2. The third-order valence-corrected chi connectivity index (χ3v) is 3.56. The van der Waals surface area contributed by atoms with Crippen LogP contribution in [0.25, 0.3) is 0 Å². The Balaban J connectivity index is 2.07. The number of nitrogens with zero attached hydrogens (tertiary/aromatic N) is 2. The molecule has 1 atom stereocenters. The van der Waals surface area contributed by atoms with Crippen LogP contribution < -0.4 is 5.32 Å². The molecule has 1 amide bonds. The van der Waals surface area contributed by atoms with Gasteiger partial charge >= 0.3 is 5.97 Å². The number of benzene rings is 1. The first-order valence-corrected chi connectivity index (χ1v) is 7.17. The van der Waals surface area contributed by atoms with E-state index in [0.717, 1.165) is 17.8 Å². The Kier molecular flexibility index (Phi) is 4.96. The number of nitrogens with one attached hydrogen (secondary N) is 1. The summed E-state index contributed by atoms with van der Waals surface area (Å²) in [5.74, 6) is -3.48. The number of aromatic nitrogens is 2. The highest BCUT2D eigenvalue weighted by Crippen LogP contribution is 2.19. The second kappa shape index (κ2) is 6.77. The fraction of sp³-hybridized carbons (Fsp3) is 0.312. The molecule has 0 aliphatic carbocycles. The lowest BCUT2D eigenvalue weighted by molar-refractivity contribution is -0.123. The molecule has 0 fully saturated rings. The second-order valence-electron chi connectivity index (χ2n) is 5.33. The predicted octanol–water partition coefficient (Wildman–Crippen LogP) is 2.50. The summed E-state index contributed by atoms with van der Waals surface area (Å²) in [4.78, 5) is 24.1. The van der Waals surface area contributed by atoms with Crippen LogP contribution in [-0.2, 0) is 16.6 Å². The van der Waals surface area contributed by atoms with Crippen molar-refractivity contribution in [1.82, 2.24) is 9.78 Å². The van der Waals surface area contributed by atoms with Gasteiger partial charge in [-0.25, -0.2) is 13.6 Å². The molecule has 6 nitrogen and oxygen atoms in total. The molecule has 1 heterocycles. The van der Waals surface area contributed by atoms with Gasteiger partial charge in [-0.05, 0) is 32.9 Å². The van der Waals surface area contributed by atoms with Gasteiger partial charge in [0, 0.05) is 13.1 Å². The molecule has 2 rings (SSSR count). The molecule has 24 heavy (non-hydrogen) atoms. The van der Waals surface area contributed by atoms with E-state index in [0.29, 0.717) is 17.4 Å². The van der Waals surface area contributed by atoms with Gasteiger partial charge in [0.05, 0.1) is 22.6 Å². The normalized spacial score (nSPS) is 11.9. The number of rotatable bonds is 4. The number of hydrogen-bond donors (Lipinski definition) is 1. The average Bonchev–Trinajstić information content (AvgIpc) is 2.73. The van der Waals surface area contributed by atoms with Crippen molar-refractivity contribution in [2.45, 2.75) is 26.9 Å². The van der Waals surface area contributed by atoms with Crippen LogP contribution in [0.1, 0.15) is 28.7 Å². The van der Waals surface area contributed by atoms with Crippen LogP contribution >= 0.6 is 0 Å². The van der Waals surface area contributed by atoms with E-state index in [2.05, 4.69) is 10.4 Å². The molecule has 0 aliphatic rings. The zero-order valence-electron chi connectivity index (χ0n) is 13.7. The third-order valence-electron chi connectivity index (χ3n) is 3.56.